The summed E-state index contributed by atoms with van der Waals surface area (Å²) in [7, 11) is -3.97. The van der Waals surface area contributed by atoms with E-state index in [1.54, 1.807) is 6.92 Å². The molecule has 0 aliphatic carbocycles. The number of amides is 3. The monoisotopic (exact) mass is 372 g/mol. The van der Waals surface area contributed by atoms with Gasteiger partial charge in [0.15, 0.2) is 0 Å². The maximum atomic E-state index is 12.2. The molecule has 3 amide bonds. The van der Waals surface area contributed by atoms with E-state index < -0.39 is 28.1 Å². The second-order valence-corrected chi connectivity index (χ2v) is 6.60. The maximum Gasteiger partial charge on any atom is 0.426 e. The van der Waals surface area contributed by atoms with Gasteiger partial charge in [-0.15, -0.1) is 0 Å². The molecule has 1 atom stereocenters. The van der Waals surface area contributed by atoms with Crippen LogP contribution in [0, 0.1) is 0 Å². The number of carbonyl (C=O) groups is 3. The first-order valence-electron chi connectivity index (χ1n) is 7.28. The molecule has 138 valence electrons. The SMILES string of the molecule is CCOC(=O)NNC(=O)[C@H](C)NS(=O)(=O)c1ccc(NC(C)=O)cc1. The molecule has 1 aromatic rings. The summed E-state index contributed by atoms with van der Waals surface area (Å²) in [5.41, 5.74) is 4.45. The van der Waals surface area contributed by atoms with Crippen molar-refractivity contribution in [2.24, 2.45) is 0 Å². The molecule has 0 heterocycles. The van der Waals surface area contributed by atoms with Crippen LogP contribution in [0.4, 0.5) is 10.5 Å². The zero-order chi connectivity index (χ0) is 19.0. The normalized spacial score (nSPS) is 12.0. The van der Waals surface area contributed by atoms with Gasteiger partial charge in [-0.1, -0.05) is 0 Å². The van der Waals surface area contributed by atoms with Gasteiger partial charge in [0.25, 0.3) is 5.91 Å². The summed E-state index contributed by atoms with van der Waals surface area (Å²) in [4.78, 5) is 33.7. The number of carbonyl (C=O) groups excluding carboxylic acids is 3. The summed E-state index contributed by atoms with van der Waals surface area (Å²) in [6, 6.07) is 4.26. The van der Waals surface area contributed by atoms with Crippen LogP contribution in [0.15, 0.2) is 29.2 Å². The number of hydrogen-bond donors (Lipinski definition) is 4. The van der Waals surface area contributed by atoms with Crippen molar-refractivity contribution in [3.63, 3.8) is 0 Å². The molecule has 1 aromatic carbocycles. The fourth-order valence-corrected chi connectivity index (χ4v) is 2.87. The van der Waals surface area contributed by atoms with Crippen molar-refractivity contribution < 1.29 is 27.5 Å². The predicted octanol–water partition coefficient (Wildman–Crippen LogP) is 0.0891. The lowest BCUT2D eigenvalue weighted by Gasteiger charge is -2.15. The van der Waals surface area contributed by atoms with Crippen LogP contribution in [0.2, 0.25) is 0 Å². The molecule has 0 aliphatic rings. The van der Waals surface area contributed by atoms with Crippen molar-refractivity contribution >= 4 is 33.6 Å². The Balaban J connectivity index is 2.68. The van der Waals surface area contributed by atoms with Gasteiger partial charge in [0.05, 0.1) is 17.5 Å². The number of nitrogens with one attached hydrogen (secondary N) is 4. The third-order valence-electron chi connectivity index (χ3n) is 2.77. The molecule has 0 radical (unpaired) electrons. The van der Waals surface area contributed by atoms with Crippen LogP contribution in [0.3, 0.4) is 0 Å². The molecule has 4 N–H and O–H groups in total. The Kier molecular flexibility index (Phi) is 7.33. The third-order valence-corrected chi connectivity index (χ3v) is 4.33. The minimum absolute atomic E-state index is 0.0837. The molecular weight excluding hydrogens is 352 g/mol. The van der Waals surface area contributed by atoms with Gasteiger partial charge >= 0.3 is 6.09 Å². The van der Waals surface area contributed by atoms with E-state index in [2.05, 4.69) is 14.8 Å². The molecule has 1 rings (SSSR count). The zero-order valence-corrected chi connectivity index (χ0v) is 14.8. The van der Waals surface area contributed by atoms with Crippen molar-refractivity contribution in [1.82, 2.24) is 15.6 Å². The Hall–Kier alpha value is -2.66. The maximum absolute atomic E-state index is 12.2. The van der Waals surface area contributed by atoms with Gasteiger partial charge < -0.3 is 10.1 Å². The zero-order valence-electron chi connectivity index (χ0n) is 14.0. The Labute approximate surface area is 145 Å². The molecule has 25 heavy (non-hydrogen) atoms. The van der Waals surface area contributed by atoms with E-state index in [1.807, 2.05) is 10.9 Å². The lowest BCUT2D eigenvalue weighted by Crippen LogP contribution is -2.51. The van der Waals surface area contributed by atoms with E-state index in [-0.39, 0.29) is 17.4 Å². The Morgan fingerprint density at radius 2 is 1.72 bits per heavy atom. The number of hydrazine groups is 1. The van der Waals surface area contributed by atoms with Crippen LogP contribution < -0.4 is 20.9 Å². The molecule has 0 saturated heterocycles. The Morgan fingerprint density at radius 3 is 2.24 bits per heavy atom. The second-order valence-electron chi connectivity index (χ2n) is 4.88. The van der Waals surface area contributed by atoms with E-state index in [9.17, 15) is 22.8 Å². The Bertz CT molecular complexity index is 732. The average molecular weight is 372 g/mol. The van der Waals surface area contributed by atoms with Crippen molar-refractivity contribution in [3.05, 3.63) is 24.3 Å². The lowest BCUT2D eigenvalue weighted by molar-refractivity contribution is -0.123. The van der Waals surface area contributed by atoms with Crippen LogP contribution in [-0.2, 0) is 24.3 Å². The largest absolute Gasteiger partial charge is 0.449 e. The quantitative estimate of drug-likeness (QED) is 0.521. The van der Waals surface area contributed by atoms with Crippen LogP contribution in [0.1, 0.15) is 20.8 Å². The summed E-state index contributed by atoms with van der Waals surface area (Å²) in [5, 5.41) is 2.51. The smallest absolute Gasteiger partial charge is 0.426 e. The molecule has 0 bridgehead atoms. The number of ether oxygens (including phenoxy) is 1. The molecule has 0 aliphatic heterocycles. The first-order valence-corrected chi connectivity index (χ1v) is 8.76. The molecule has 10 nitrogen and oxygen atoms in total. The lowest BCUT2D eigenvalue weighted by atomic mass is 10.3. The van der Waals surface area contributed by atoms with Crippen LogP contribution in [0.5, 0.6) is 0 Å². The minimum Gasteiger partial charge on any atom is -0.449 e. The summed E-state index contributed by atoms with van der Waals surface area (Å²) >= 11 is 0. The van der Waals surface area contributed by atoms with Gasteiger partial charge in [-0.25, -0.2) is 18.6 Å². The van der Waals surface area contributed by atoms with Gasteiger partial charge in [-0.3, -0.25) is 15.0 Å². The van der Waals surface area contributed by atoms with E-state index in [1.165, 1.54) is 38.1 Å². The molecule has 11 heteroatoms. The first-order chi connectivity index (χ1) is 11.7. The summed E-state index contributed by atoms with van der Waals surface area (Å²) in [6.45, 7) is 4.36. The first kappa shape index (κ1) is 20.4. The molecule has 0 saturated carbocycles. The van der Waals surface area contributed by atoms with Gasteiger partial charge in [0.2, 0.25) is 15.9 Å². The number of sulfonamides is 1. The van der Waals surface area contributed by atoms with Crippen LogP contribution >= 0.6 is 0 Å². The highest BCUT2D eigenvalue weighted by Crippen LogP contribution is 2.14. The highest BCUT2D eigenvalue weighted by atomic mass is 32.2. The average Bonchev–Trinajstić information content (AvgIpc) is 2.52. The molecule has 0 spiro atoms. The van der Waals surface area contributed by atoms with Crippen molar-refractivity contribution in [3.8, 4) is 0 Å². The highest BCUT2D eigenvalue weighted by molar-refractivity contribution is 7.89. The van der Waals surface area contributed by atoms with Crippen molar-refractivity contribution in [2.75, 3.05) is 11.9 Å². The third kappa shape index (κ3) is 6.77. The van der Waals surface area contributed by atoms with E-state index >= 15 is 0 Å². The van der Waals surface area contributed by atoms with E-state index in [0.717, 1.165) is 0 Å². The summed E-state index contributed by atoms with van der Waals surface area (Å²) in [5.74, 6) is -1.06. The number of rotatable bonds is 6. The van der Waals surface area contributed by atoms with Gasteiger partial charge in [0.1, 0.15) is 0 Å². The fraction of sp³-hybridized carbons (Fsp3) is 0.357. The van der Waals surface area contributed by atoms with Crippen LogP contribution in [-0.4, -0.2) is 39.0 Å². The minimum atomic E-state index is -3.97. The topological polar surface area (TPSA) is 143 Å². The molecule has 0 aromatic heterocycles. The van der Waals surface area contributed by atoms with Gasteiger partial charge in [-0.05, 0) is 38.1 Å². The molecular formula is C14H20N4O6S. The van der Waals surface area contributed by atoms with Crippen LogP contribution in [0.25, 0.3) is 0 Å². The standard InChI is InChI=1S/C14H20N4O6S/c1-4-24-14(21)17-16-13(20)9(2)18-25(22,23)12-7-5-11(6-8-12)15-10(3)19/h5-9,18H,4H2,1-3H3,(H,15,19)(H,16,20)(H,17,21)/t9-/m0/s1. The van der Waals surface area contributed by atoms with Gasteiger partial charge in [0, 0.05) is 12.6 Å². The molecule has 0 unspecified atom stereocenters. The second kappa shape index (κ2) is 8.99. The van der Waals surface area contributed by atoms with Crippen molar-refractivity contribution in [1.29, 1.82) is 0 Å². The highest BCUT2D eigenvalue weighted by Gasteiger charge is 2.22. The van der Waals surface area contributed by atoms with E-state index in [4.69, 9.17) is 0 Å². The number of benzene rings is 1. The van der Waals surface area contributed by atoms with Crippen molar-refractivity contribution in [2.45, 2.75) is 31.7 Å². The van der Waals surface area contributed by atoms with Gasteiger partial charge in [-0.2, -0.15) is 4.72 Å². The van der Waals surface area contributed by atoms with E-state index in [0.29, 0.717) is 5.69 Å². The summed E-state index contributed by atoms with van der Waals surface area (Å²) in [6.07, 6.45) is -0.862. The summed E-state index contributed by atoms with van der Waals surface area (Å²) < 4.78 is 31.2. The number of hydrogen-bond acceptors (Lipinski definition) is 6. The Morgan fingerprint density at radius 1 is 1.12 bits per heavy atom. The number of anilines is 1. The molecule has 0 fully saturated rings. The fourth-order valence-electron chi connectivity index (χ4n) is 1.66. The predicted molar refractivity (Wildman–Crippen MR) is 88.8 cm³/mol.